The van der Waals surface area contributed by atoms with Crippen LogP contribution in [0.1, 0.15) is 49.3 Å². The number of likely N-dealkylation sites (tertiary alicyclic amines) is 1. The van der Waals surface area contributed by atoms with E-state index in [0.29, 0.717) is 6.04 Å². The van der Waals surface area contributed by atoms with E-state index in [-0.39, 0.29) is 6.10 Å². The number of hydrogen-bond acceptors (Lipinski definition) is 3. The molecule has 0 N–H and O–H groups in total. The van der Waals surface area contributed by atoms with Crippen molar-refractivity contribution >= 4 is 0 Å². The molecule has 0 spiro atoms. The van der Waals surface area contributed by atoms with E-state index in [9.17, 15) is 0 Å². The number of fused-ring (bicyclic) bond motifs is 1. The summed E-state index contributed by atoms with van der Waals surface area (Å²) in [6, 6.07) is 17.4. The van der Waals surface area contributed by atoms with E-state index in [4.69, 9.17) is 9.47 Å². The van der Waals surface area contributed by atoms with Gasteiger partial charge in [0.2, 0.25) is 0 Å². The predicted molar refractivity (Wildman–Crippen MR) is 105 cm³/mol. The average molecular weight is 351 g/mol. The first-order chi connectivity index (χ1) is 12.8. The number of benzene rings is 2. The number of piperidine rings is 1. The van der Waals surface area contributed by atoms with Gasteiger partial charge >= 0.3 is 0 Å². The fraction of sp³-hybridized carbons (Fsp3) is 0.478. The summed E-state index contributed by atoms with van der Waals surface area (Å²) in [5.41, 5.74) is 2.49. The second kappa shape index (κ2) is 8.13. The van der Waals surface area contributed by atoms with Crippen LogP contribution in [0.4, 0.5) is 0 Å². The van der Waals surface area contributed by atoms with Crippen molar-refractivity contribution in [1.82, 2.24) is 4.90 Å². The van der Waals surface area contributed by atoms with Crippen LogP contribution in [0.25, 0.3) is 0 Å². The lowest BCUT2D eigenvalue weighted by Gasteiger charge is -2.32. The third kappa shape index (κ3) is 3.88. The van der Waals surface area contributed by atoms with Gasteiger partial charge in [-0.2, -0.15) is 0 Å². The topological polar surface area (TPSA) is 21.7 Å². The Balaban J connectivity index is 1.39. The fourth-order valence-corrected chi connectivity index (χ4v) is 4.24. The quantitative estimate of drug-likeness (QED) is 0.756. The summed E-state index contributed by atoms with van der Waals surface area (Å²) in [6.45, 7) is 2.01. The Morgan fingerprint density at radius 2 is 1.92 bits per heavy atom. The van der Waals surface area contributed by atoms with E-state index in [1.54, 1.807) is 0 Å². The van der Waals surface area contributed by atoms with Crippen LogP contribution in [-0.4, -0.2) is 31.1 Å². The molecule has 2 aromatic carbocycles. The maximum absolute atomic E-state index is 6.28. The van der Waals surface area contributed by atoms with Gasteiger partial charge in [-0.05, 0) is 63.4 Å². The molecule has 138 valence electrons. The number of hydrogen-bond donors (Lipinski definition) is 0. The van der Waals surface area contributed by atoms with Crippen LogP contribution in [0.2, 0.25) is 0 Å². The standard InChI is InChI=1S/C23H29NO2/c1-24-16-6-5-10-19(24)15-17-25-22-11-7-12-23-20(22)13-14-21(26-23)18-8-3-2-4-9-18/h2-4,7-9,11-12,19,21H,5-6,10,13-17H2,1H3. The van der Waals surface area contributed by atoms with E-state index in [0.717, 1.165) is 37.4 Å². The van der Waals surface area contributed by atoms with Crippen molar-refractivity contribution in [2.45, 2.75) is 50.7 Å². The summed E-state index contributed by atoms with van der Waals surface area (Å²) in [5.74, 6) is 1.99. The van der Waals surface area contributed by atoms with Gasteiger partial charge in [0.1, 0.15) is 17.6 Å². The highest BCUT2D eigenvalue weighted by molar-refractivity contribution is 5.46. The summed E-state index contributed by atoms with van der Waals surface area (Å²) in [4.78, 5) is 2.49. The Morgan fingerprint density at radius 3 is 2.77 bits per heavy atom. The zero-order chi connectivity index (χ0) is 17.8. The minimum absolute atomic E-state index is 0.148. The molecule has 0 amide bonds. The van der Waals surface area contributed by atoms with Crippen molar-refractivity contribution in [3.63, 3.8) is 0 Å². The summed E-state index contributed by atoms with van der Waals surface area (Å²) < 4.78 is 12.5. The summed E-state index contributed by atoms with van der Waals surface area (Å²) in [7, 11) is 2.24. The molecule has 2 heterocycles. The van der Waals surface area contributed by atoms with Crippen molar-refractivity contribution in [1.29, 1.82) is 0 Å². The molecule has 3 heteroatoms. The van der Waals surface area contributed by atoms with E-state index < -0.39 is 0 Å². The molecule has 2 aliphatic heterocycles. The molecule has 4 rings (SSSR count). The highest BCUT2D eigenvalue weighted by Crippen LogP contribution is 2.39. The molecule has 0 aliphatic carbocycles. The lowest BCUT2D eigenvalue weighted by molar-refractivity contribution is 0.150. The molecule has 2 aromatic rings. The van der Waals surface area contributed by atoms with E-state index in [1.807, 2.05) is 6.07 Å². The Labute approximate surface area is 156 Å². The first-order valence-corrected chi connectivity index (χ1v) is 9.98. The van der Waals surface area contributed by atoms with Crippen LogP contribution in [-0.2, 0) is 6.42 Å². The summed E-state index contributed by atoms with van der Waals surface area (Å²) in [6.07, 6.45) is 7.25. The lowest BCUT2D eigenvalue weighted by atomic mass is 9.97. The highest BCUT2D eigenvalue weighted by atomic mass is 16.5. The lowest BCUT2D eigenvalue weighted by Crippen LogP contribution is -2.37. The number of nitrogens with zero attached hydrogens (tertiary/aromatic N) is 1. The molecule has 26 heavy (non-hydrogen) atoms. The van der Waals surface area contributed by atoms with Crippen LogP contribution >= 0.6 is 0 Å². The zero-order valence-corrected chi connectivity index (χ0v) is 15.7. The second-order valence-corrected chi connectivity index (χ2v) is 7.56. The molecular formula is C23H29NO2. The number of rotatable bonds is 5. The fourth-order valence-electron chi connectivity index (χ4n) is 4.24. The highest BCUT2D eigenvalue weighted by Gasteiger charge is 2.24. The first kappa shape index (κ1) is 17.4. The SMILES string of the molecule is CN1CCCCC1CCOc1cccc2c1CCC(c1ccccc1)O2. The third-order valence-electron chi connectivity index (χ3n) is 5.82. The van der Waals surface area contributed by atoms with Crippen LogP contribution in [0, 0.1) is 0 Å². The van der Waals surface area contributed by atoms with Crippen molar-refractivity contribution in [3.8, 4) is 11.5 Å². The predicted octanol–water partition coefficient (Wildman–Crippen LogP) is 5.01. The van der Waals surface area contributed by atoms with Crippen molar-refractivity contribution < 1.29 is 9.47 Å². The molecule has 2 atom stereocenters. The normalized spacial score (nSPS) is 23.1. The Morgan fingerprint density at radius 1 is 1.04 bits per heavy atom. The van der Waals surface area contributed by atoms with Gasteiger partial charge in [0.25, 0.3) is 0 Å². The van der Waals surface area contributed by atoms with E-state index in [2.05, 4.69) is 54.4 Å². The van der Waals surface area contributed by atoms with Gasteiger partial charge in [0.15, 0.2) is 0 Å². The number of ether oxygens (including phenoxy) is 2. The van der Waals surface area contributed by atoms with Crippen molar-refractivity contribution in [3.05, 3.63) is 59.7 Å². The van der Waals surface area contributed by atoms with Gasteiger partial charge in [-0.15, -0.1) is 0 Å². The molecule has 1 saturated heterocycles. The van der Waals surface area contributed by atoms with Crippen LogP contribution in [0.3, 0.4) is 0 Å². The third-order valence-corrected chi connectivity index (χ3v) is 5.82. The molecular weight excluding hydrogens is 322 g/mol. The van der Waals surface area contributed by atoms with Gasteiger partial charge < -0.3 is 14.4 Å². The van der Waals surface area contributed by atoms with Crippen molar-refractivity contribution in [2.24, 2.45) is 0 Å². The minimum atomic E-state index is 0.148. The first-order valence-electron chi connectivity index (χ1n) is 9.98. The van der Waals surface area contributed by atoms with E-state index >= 15 is 0 Å². The zero-order valence-electron chi connectivity index (χ0n) is 15.7. The van der Waals surface area contributed by atoms with Gasteiger partial charge in [-0.1, -0.05) is 42.8 Å². The van der Waals surface area contributed by atoms with Gasteiger partial charge in [-0.25, -0.2) is 0 Å². The van der Waals surface area contributed by atoms with E-state index in [1.165, 1.54) is 36.9 Å². The molecule has 3 nitrogen and oxygen atoms in total. The molecule has 0 saturated carbocycles. The molecule has 0 aromatic heterocycles. The molecule has 0 bridgehead atoms. The Hall–Kier alpha value is -2.00. The molecule has 2 unspecified atom stereocenters. The van der Waals surface area contributed by atoms with Crippen LogP contribution < -0.4 is 9.47 Å². The molecule has 2 aliphatic rings. The monoisotopic (exact) mass is 351 g/mol. The van der Waals surface area contributed by atoms with Gasteiger partial charge in [0.05, 0.1) is 6.61 Å². The van der Waals surface area contributed by atoms with Crippen molar-refractivity contribution in [2.75, 3.05) is 20.2 Å². The van der Waals surface area contributed by atoms with Crippen LogP contribution in [0.15, 0.2) is 48.5 Å². The summed E-state index contributed by atoms with van der Waals surface area (Å²) >= 11 is 0. The van der Waals surface area contributed by atoms with Crippen LogP contribution in [0.5, 0.6) is 11.5 Å². The Kier molecular flexibility index (Phi) is 5.45. The maximum atomic E-state index is 6.28. The largest absolute Gasteiger partial charge is 0.493 e. The van der Waals surface area contributed by atoms with Gasteiger partial charge in [0, 0.05) is 11.6 Å². The van der Waals surface area contributed by atoms with Gasteiger partial charge in [-0.3, -0.25) is 0 Å². The Bertz CT molecular complexity index is 715. The minimum Gasteiger partial charge on any atom is -0.493 e. The second-order valence-electron chi connectivity index (χ2n) is 7.56. The maximum Gasteiger partial charge on any atom is 0.127 e. The average Bonchev–Trinajstić information content (AvgIpc) is 2.70. The smallest absolute Gasteiger partial charge is 0.127 e. The molecule has 0 radical (unpaired) electrons. The molecule has 1 fully saturated rings. The summed E-state index contributed by atoms with van der Waals surface area (Å²) in [5, 5.41) is 0.